The zero-order chi connectivity index (χ0) is 18.2. The summed E-state index contributed by atoms with van der Waals surface area (Å²) in [6.07, 6.45) is -0.600. The number of benzene rings is 1. The van der Waals surface area contributed by atoms with Crippen LogP contribution in [0.25, 0.3) is 0 Å². The van der Waals surface area contributed by atoms with Crippen molar-refractivity contribution in [2.45, 2.75) is 29.8 Å². The monoisotopic (exact) mass is 432 g/mol. The molecule has 0 saturated heterocycles. The summed E-state index contributed by atoms with van der Waals surface area (Å²) in [7, 11) is -4.14. The van der Waals surface area contributed by atoms with Crippen molar-refractivity contribution in [3.05, 3.63) is 57.8 Å². The van der Waals surface area contributed by atoms with E-state index in [4.69, 9.17) is 0 Å². The molecule has 1 saturated carbocycles. The maximum Gasteiger partial charge on any atom is 0.433 e. The van der Waals surface area contributed by atoms with E-state index in [0.29, 0.717) is 23.7 Å². The molecule has 1 heterocycles. The molecular formula is C16H12BrF3N2O2S. The van der Waals surface area contributed by atoms with Crippen molar-refractivity contribution < 1.29 is 21.6 Å². The van der Waals surface area contributed by atoms with Crippen molar-refractivity contribution in [3.63, 3.8) is 0 Å². The van der Waals surface area contributed by atoms with Crippen LogP contribution in [0.3, 0.4) is 0 Å². The number of alkyl halides is 3. The fraction of sp³-hybridized carbons (Fsp3) is 0.250. The molecular weight excluding hydrogens is 421 g/mol. The van der Waals surface area contributed by atoms with Gasteiger partial charge in [-0.25, -0.2) is 0 Å². The minimum absolute atomic E-state index is 0.397. The van der Waals surface area contributed by atoms with Gasteiger partial charge in [0.25, 0.3) is 10.0 Å². The Morgan fingerprint density at radius 1 is 1.20 bits per heavy atom. The summed E-state index contributed by atoms with van der Waals surface area (Å²) < 4.78 is 66.2. The van der Waals surface area contributed by atoms with Crippen LogP contribution >= 0.6 is 15.9 Å². The van der Waals surface area contributed by atoms with Crippen molar-refractivity contribution in [3.8, 4) is 0 Å². The highest BCUT2D eigenvalue weighted by Gasteiger charge is 2.32. The van der Waals surface area contributed by atoms with E-state index in [1.807, 2.05) is 12.1 Å². The van der Waals surface area contributed by atoms with Crippen LogP contribution in [0, 0.1) is 0 Å². The number of halogens is 4. The third kappa shape index (κ3) is 4.09. The molecule has 0 radical (unpaired) electrons. The molecule has 1 aromatic heterocycles. The first-order valence-corrected chi connectivity index (χ1v) is 9.54. The maximum atomic E-state index is 12.5. The number of hydrogen-bond donors (Lipinski definition) is 0. The van der Waals surface area contributed by atoms with Crippen molar-refractivity contribution in [1.82, 2.24) is 4.98 Å². The molecule has 1 aliphatic carbocycles. The Kier molecular flexibility index (Phi) is 4.72. The second-order valence-electron chi connectivity index (χ2n) is 5.61. The fourth-order valence-electron chi connectivity index (χ4n) is 2.27. The van der Waals surface area contributed by atoms with Crippen molar-refractivity contribution in [2.75, 3.05) is 0 Å². The second kappa shape index (κ2) is 6.53. The van der Waals surface area contributed by atoms with Gasteiger partial charge in [-0.2, -0.15) is 26.0 Å². The molecule has 0 N–H and O–H groups in total. The molecule has 0 unspecified atom stereocenters. The second-order valence-corrected chi connectivity index (χ2v) is 8.04. The van der Waals surface area contributed by atoms with Crippen molar-refractivity contribution >= 4 is 32.2 Å². The van der Waals surface area contributed by atoms with E-state index in [1.165, 1.54) is 6.21 Å². The van der Waals surface area contributed by atoms with E-state index in [1.54, 1.807) is 6.07 Å². The van der Waals surface area contributed by atoms with E-state index in [0.717, 1.165) is 28.9 Å². The van der Waals surface area contributed by atoms with Crippen molar-refractivity contribution in [1.29, 1.82) is 0 Å². The number of hydrogen-bond acceptors (Lipinski definition) is 3. The van der Waals surface area contributed by atoms with Crippen LogP contribution in [0.5, 0.6) is 0 Å². The Morgan fingerprint density at radius 3 is 2.48 bits per heavy atom. The van der Waals surface area contributed by atoms with E-state index < -0.39 is 26.8 Å². The molecule has 9 heteroatoms. The molecule has 4 nitrogen and oxygen atoms in total. The lowest BCUT2D eigenvalue weighted by Gasteiger charge is -2.06. The highest BCUT2D eigenvalue weighted by Crippen LogP contribution is 2.43. The average Bonchev–Trinajstić information content (AvgIpc) is 3.38. The molecule has 0 amide bonds. The number of sulfonamides is 1. The minimum atomic E-state index is -4.63. The zero-order valence-corrected chi connectivity index (χ0v) is 15.1. The number of pyridine rings is 1. The van der Waals surface area contributed by atoms with Gasteiger partial charge in [0.1, 0.15) is 10.6 Å². The van der Waals surface area contributed by atoms with Crippen LogP contribution in [-0.4, -0.2) is 19.6 Å². The smallest absolute Gasteiger partial charge is 0.250 e. The molecule has 0 spiro atoms. The van der Waals surface area contributed by atoms with E-state index in [2.05, 4.69) is 25.3 Å². The molecule has 0 aliphatic heterocycles. The molecule has 1 aliphatic rings. The average molecular weight is 433 g/mol. The number of aromatic nitrogens is 1. The van der Waals surface area contributed by atoms with Crippen LogP contribution in [0.4, 0.5) is 13.2 Å². The van der Waals surface area contributed by atoms with E-state index in [9.17, 15) is 21.6 Å². The highest BCUT2D eigenvalue weighted by atomic mass is 79.9. The summed E-state index contributed by atoms with van der Waals surface area (Å²) in [5.74, 6) is 0.471. The number of nitrogens with zero attached hydrogens (tertiary/aromatic N) is 2. The Balaban J connectivity index is 1.86. The predicted octanol–water partition coefficient (Wildman–Crippen LogP) is 4.55. The molecule has 2 aromatic rings. The van der Waals surface area contributed by atoms with Crippen LogP contribution in [0.15, 0.2) is 50.3 Å². The summed E-state index contributed by atoms with van der Waals surface area (Å²) in [4.78, 5) is 2.75. The lowest BCUT2D eigenvalue weighted by Crippen LogP contribution is -2.08. The lowest BCUT2D eigenvalue weighted by molar-refractivity contribution is -0.141. The standard InChI is InChI=1S/C16H12BrF3N2O2S/c17-15-11(2-1-3-13(15)10-4-5-10)8-22-25(23,24)12-6-7-14(21-9-12)16(18,19)20/h1-3,6-10H,4-5H2/b22-8+. The first kappa shape index (κ1) is 18.1. The Bertz CT molecular complexity index is 921. The molecule has 1 aromatic carbocycles. The molecule has 1 fully saturated rings. The Hall–Kier alpha value is -1.74. The summed E-state index contributed by atoms with van der Waals surface area (Å²) in [5.41, 5.74) is 0.528. The van der Waals surface area contributed by atoms with Gasteiger partial charge < -0.3 is 0 Å². The van der Waals surface area contributed by atoms with Gasteiger partial charge in [0.05, 0.1) is 0 Å². The largest absolute Gasteiger partial charge is 0.433 e. The summed E-state index contributed by atoms with van der Waals surface area (Å²) in [6, 6.07) is 6.95. The number of rotatable bonds is 4. The zero-order valence-electron chi connectivity index (χ0n) is 12.7. The molecule has 0 bridgehead atoms. The topological polar surface area (TPSA) is 59.4 Å². The maximum absolute atomic E-state index is 12.5. The minimum Gasteiger partial charge on any atom is -0.250 e. The fourth-order valence-corrected chi connectivity index (χ4v) is 3.76. The van der Waals surface area contributed by atoms with Gasteiger partial charge in [0.2, 0.25) is 0 Å². The van der Waals surface area contributed by atoms with Gasteiger partial charge in [0, 0.05) is 22.4 Å². The van der Waals surface area contributed by atoms with Crippen LogP contribution in [0.2, 0.25) is 0 Å². The summed E-state index contributed by atoms with van der Waals surface area (Å²) in [6.45, 7) is 0. The summed E-state index contributed by atoms with van der Waals surface area (Å²) in [5, 5.41) is 0. The summed E-state index contributed by atoms with van der Waals surface area (Å²) >= 11 is 3.45. The van der Waals surface area contributed by atoms with Gasteiger partial charge in [-0.3, -0.25) is 4.98 Å². The van der Waals surface area contributed by atoms with Gasteiger partial charge in [-0.1, -0.05) is 18.2 Å². The third-order valence-corrected chi connectivity index (χ3v) is 5.87. The first-order chi connectivity index (χ1) is 11.7. The van der Waals surface area contributed by atoms with Crippen LogP contribution in [-0.2, 0) is 16.2 Å². The van der Waals surface area contributed by atoms with Gasteiger partial charge >= 0.3 is 6.18 Å². The van der Waals surface area contributed by atoms with Gasteiger partial charge in [-0.15, -0.1) is 0 Å². The lowest BCUT2D eigenvalue weighted by atomic mass is 10.1. The van der Waals surface area contributed by atoms with E-state index in [-0.39, 0.29) is 0 Å². The van der Waals surface area contributed by atoms with Crippen LogP contribution < -0.4 is 0 Å². The normalized spacial score (nSPS) is 15.7. The van der Waals surface area contributed by atoms with Crippen molar-refractivity contribution in [2.24, 2.45) is 4.40 Å². The Labute approximate surface area is 151 Å². The molecule has 132 valence electrons. The molecule has 0 atom stereocenters. The SMILES string of the molecule is O=S(=O)(/N=C/c1cccc(C2CC2)c1Br)c1ccc(C(F)(F)F)nc1. The van der Waals surface area contributed by atoms with Crippen LogP contribution in [0.1, 0.15) is 35.6 Å². The first-order valence-electron chi connectivity index (χ1n) is 7.30. The third-order valence-electron chi connectivity index (χ3n) is 3.73. The van der Waals surface area contributed by atoms with Gasteiger partial charge in [0.15, 0.2) is 0 Å². The predicted molar refractivity (Wildman–Crippen MR) is 90.1 cm³/mol. The van der Waals surface area contributed by atoms with Gasteiger partial charge in [-0.05, 0) is 52.4 Å². The quantitative estimate of drug-likeness (QED) is 0.665. The Morgan fingerprint density at radius 2 is 1.92 bits per heavy atom. The molecule has 3 rings (SSSR count). The van der Waals surface area contributed by atoms with E-state index >= 15 is 0 Å². The molecule has 25 heavy (non-hydrogen) atoms. The highest BCUT2D eigenvalue weighted by molar-refractivity contribution is 9.10.